The molecule has 0 spiro atoms. The van der Waals surface area contributed by atoms with E-state index in [0.29, 0.717) is 13.0 Å². The number of hydrogen-bond acceptors (Lipinski definition) is 4. The van der Waals surface area contributed by atoms with Crippen molar-refractivity contribution in [2.24, 2.45) is 11.5 Å². The van der Waals surface area contributed by atoms with Crippen molar-refractivity contribution in [1.82, 2.24) is 4.90 Å². The van der Waals surface area contributed by atoms with Gasteiger partial charge in [-0.3, -0.25) is 14.4 Å². The molecule has 0 fully saturated rings. The van der Waals surface area contributed by atoms with Crippen LogP contribution in [0.15, 0.2) is 0 Å². The number of carbonyl (C=O) groups is 3. The third kappa shape index (κ3) is 6.19. The number of carboxylic acids is 1. The largest absolute Gasteiger partial charge is 0.481 e. The van der Waals surface area contributed by atoms with Crippen molar-refractivity contribution >= 4 is 17.8 Å². The number of amides is 2. The fourth-order valence-corrected chi connectivity index (χ4v) is 1.54. The number of nitrogens with zero attached hydrogens (tertiary/aromatic N) is 1. The van der Waals surface area contributed by atoms with Crippen molar-refractivity contribution < 1.29 is 19.5 Å². The van der Waals surface area contributed by atoms with Crippen LogP contribution >= 0.6 is 0 Å². The third-order valence-electron chi connectivity index (χ3n) is 2.43. The molecule has 0 aliphatic carbocycles. The summed E-state index contributed by atoms with van der Waals surface area (Å²) in [6.45, 7) is 3.90. The van der Waals surface area contributed by atoms with Gasteiger partial charge in [-0.05, 0) is 20.3 Å². The lowest BCUT2D eigenvalue weighted by molar-refractivity contribution is -0.139. The smallest absolute Gasteiger partial charge is 0.303 e. The summed E-state index contributed by atoms with van der Waals surface area (Å²) >= 11 is 0. The summed E-state index contributed by atoms with van der Waals surface area (Å²) in [4.78, 5) is 34.5. The average Bonchev–Trinajstić information content (AvgIpc) is 2.21. The van der Waals surface area contributed by atoms with Gasteiger partial charge in [0, 0.05) is 19.0 Å². The summed E-state index contributed by atoms with van der Waals surface area (Å²) < 4.78 is 0. The number of carboxylic acid groups (broad SMARTS) is 1. The predicted octanol–water partition coefficient (Wildman–Crippen LogP) is -0.709. The molecule has 7 heteroatoms. The Balaban J connectivity index is 4.44. The van der Waals surface area contributed by atoms with Gasteiger partial charge in [0.2, 0.25) is 11.8 Å². The maximum absolute atomic E-state index is 11.9. The second-order valence-corrected chi connectivity index (χ2v) is 4.40. The number of hydrogen-bond donors (Lipinski definition) is 3. The van der Waals surface area contributed by atoms with Gasteiger partial charge in [0.1, 0.15) is 0 Å². The van der Waals surface area contributed by atoms with Gasteiger partial charge in [-0.2, -0.15) is 0 Å². The van der Waals surface area contributed by atoms with E-state index >= 15 is 0 Å². The molecule has 0 heterocycles. The van der Waals surface area contributed by atoms with E-state index in [0.717, 1.165) is 0 Å². The highest BCUT2D eigenvalue weighted by atomic mass is 16.4. The molecule has 0 aromatic heterocycles. The van der Waals surface area contributed by atoms with Crippen molar-refractivity contribution in [2.75, 3.05) is 6.54 Å². The summed E-state index contributed by atoms with van der Waals surface area (Å²) in [6, 6.07) is -1.07. The van der Waals surface area contributed by atoms with E-state index in [1.165, 1.54) is 4.90 Å². The van der Waals surface area contributed by atoms with Crippen LogP contribution in [0.25, 0.3) is 0 Å². The van der Waals surface area contributed by atoms with Crippen LogP contribution in [-0.4, -0.2) is 46.4 Å². The molecule has 0 aliphatic heterocycles. The molecular formula is C11H21N3O4. The monoisotopic (exact) mass is 259 g/mol. The lowest BCUT2D eigenvalue weighted by Crippen LogP contribution is -2.48. The predicted molar refractivity (Wildman–Crippen MR) is 65.5 cm³/mol. The minimum atomic E-state index is -0.963. The van der Waals surface area contributed by atoms with Crippen LogP contribution in [0, 0.1) is 0 Å². The van der Waals surface area contributed by atoms with E-state index in [1.807, 2.05) is 0 Å². The highest BCUT2D eigenvalue weighted by molar-refractivity contribution is 5.87. The van der Waals surface area contributed by atoms with Crippen molar-refractivity contribution in [3.63, 3.8) is 0 Å². The zero-order valence-corrected chi connectivity index (χ0v) is 10.8. The molecule has 0 rings (SSSR count). The van der Waals surface area contributed by atoms with Crippen molar-refractivity contribution in [3.05, 3.63) is 0 Å². The van der Waals surface area contributed by atoms with Gasteiger partial charge in [0.15, 0.2) is 0 Å². The van der Waals surface area contributed by atoms with E-state index in [4.69, 9.17) is 16.6 Å². The van der Waals surface area contributed by atoms with Crippen molar-refractivity contribution in [2.45, 2.75) is 45.2 Å². The molecule has 0 aliphatic rings. The van der Waals surface area contributed by atoms with E-state index in [-0.39, 0.29) is 24.8 Å². The molecule has 0 saturated heterocycles. The summed E-state index contributed by atoms with van der Waals surface area (Å²) in [7, 11) is 0. The Hall–Kier alpha value is -1.63. The topological polar surface area (TPSA) is 127 Å². The average molecular weight is 259 g/mol. The highest BCUT2D eigenvalue weighted by Gasteiger charge is 2.24. The first-order chi connectivity index (χ1) is 8.25. The molecule has 0 aromatic rings. The summed E-state index contributed by atoms with van der Waals surface area (Å²) in [5.74, 6) is -1.92. The second-order valence-electron chi connectivity index (χ2n) is 4.40. The van der Waals surface area contributed by atoms with Crippen molar-refractivity contribution in [3.8, 4) is 0 Å². The first-order valence-electron chi connectivity index (χ1n) is 5.81. The fourth-order valence-electron chi connectivity index (χ4n) is 1.54. The number of aliphatic carboxylic acids is 1. The van der Waals surface area contributed by atoms with Crippen LogP contribution in [0.1, 0.15) is 33.1 Å². The number of carbonyl (C=O) groups excluding carboxylic acids is 2. The van der Waals surface area contributed by atoms with Gasteiger partial charge in [-0.25, -0.2) is 0 Å². The molecule has 1 unspecified atom stereocenters. The molecule has 0 radical (unpaired) electrons. The number of nitrogens with two attached hydrogens (primary N) is 2. The van der Waals surface area contributed by atoms with Gasteiger partial charge in [0.05, 0.1) is 12.5 Å². The van der Waals surface area contributed by atoms with Gasteiger partial charge >= 0.3 is 5.97 Å². The Bertz CT molecular complexity index is 317. The zero-order valence-electron chi connectivity index (χ0n) is 10.8. The summed E-state index contributed by atoms with van der Waals surface area (Å²) in [5, 5.41) is 8.54. The Morgan fingerprint density at radius 3 is 2.22 bits per heavy atom. The quantitative estimate of drug-likeness (QED) is 0.530. The molecule has 18 heavy (non-hydrogen) atoms. The van der Waals surface area contributed by atoms with E-state index in [2.05, 4.69) is 0 Å². The Labute approximate surface area is 106 Å². The molecule has 0 bridgehead atoms. The SMILES string of the molecule is CC(C)N(CCCC(=O)O)C(=O)C(N)CC(N)=O. The standard InChI is InChI=1S/C11H21N3O4/c1-7(2)14(5-3-4-10(16)17)11(18)8(12)6-9(13)15/h7-8H,3-6,12H2,1-2H3,(H2,13,15)(H,16,17). The van der Waals surface area contributed by atoms with Gasteiger partial charge in [0.25, 0.3) is 0 Å². The van der Waals surface area contributed by atoms with Gasteiger partial charge in [-0.15, -0.1) is 0 Å². The minimum absolute atomic E-state index is 0.0123. The molecule has 1 atom stereocenters. The Morgan fingerprint density at radius 2 is 1.83 bits per heavy atom. The van der Waals surface area contributed by atoms with Crippen LogP contribution in [0.4, 0.5) is 0 Å². The molecular weight excluding hydrogens is 238 g/mol. The maximum atomic E-state index is 11.9. The third-order valence-corrected chi connectivity index (χ3v) is 2.43. The molecule has 0 aromatic carbocycles. The summed E-state index contributed by atoms with van der Waals surface area (Å²) in [5.41, 5.74) is 10.6. The maximum Gasteiger partial charge on any atom is 0.303 e. The Morgan fingerprint density at radius 1 is 1.28 bits per heavy atom. The van der Waals surface area contributed by atoms with Crippen LogP contribution in [0.3, 0.4) is 0 Å². The normalized spacial score (nSPS) is 12.2. The number of rotatable bonds is 8. The highest BCUT2D eigenvalue weighted by Crippen LogP contribution is 2.06. The number of primary amides is 1. The van der Waals surface area contributed by atoms with E-state index < -0.39 is 17.9 Å². The van der Waals surface area contributed by atoms with E-state index in [1.54, 1.807) is 13.8 Å². The fraction of sp³-hybridized carbons (Fsp3) is 0.727. The van der Waals surface area contributed by atoms with E-state index in [9.17, 15) is 14.4 Å². The van der Waals surface area contributed by atoms with Crippen LogP contribution in [0.5, 0.6) is 0 Å². The zero-order chi connectivity index (χ0) is 14.3. The lowest BCUT2D eigenvalue weighted by Gasteiger charge is -2.29. The Kier molecular flexibility index (Phi) is 6.96. The second kappa shape index (κ2) is 7.65. The first-order valence-corrected chi connectivity index (χ1v) is 5.81. The molecule has 2 amide bonds. The van der Waals surface area contributed by atoms with Crippen LogP contribution in [-0.2, 0) is 14.4 Å². The molecule has 104 valence electrons. The minimum Gasteiger partial charge on any atom is -0.481 e. The van der Waals surface area contributed by atoms with Crippen LogP contribution in [0.2, 0.25) is 0 Å². The molecule has 0 saturated carbocycles. The summed E-state index contributed by atoms with van der Waals surface area (Å²) in [6.07, 6.45) is 0.130. The lowest BCUT2D eigenvalue weighted by atomic mass is 10.1. The van der Waals surface area contributed by atoms with Gasteiger partial charge < -0.3 is 21.5 Å². The van der Waals surface area contributed by atoms with Crippen molar-refractivity contribution in [1.29, 1.82) is 0 Å². The van der Waals surface area contributed by atoms with Gasteiger partial charge in [-0.1, -0.05) is 0 Å². The first kappa shape index (κ1) is 16.4. The molecule has 5 N–H and O–H groups in total. The molecule has 7 nitrogen and oxygen atoms in total. The van der Waals surface area contributed by atoms with Crippen LogP contribution < -0.4 is 11.5 Å².